The summed E-state index contributed by atoms with van der Waals surface area (Å²) < 4.78 is 15.5. The van der Waals surface area contributed by atoms with Crippen LogP contribution in [0.25, 0.3) is 15.9 Å². The fourth-order valence-corrected chi connectivity index (χ4v) is 4.54. The first kappa shape index (κ1) is 17.9. The van der Waals surface area contributed by atoms with Crippen LogP contribution in [0.15, 0.2) is 63.9 Å². The van der Waals surface area contributed by atoms with E-state index in [2.05, 4.69) is 0 Å². The number of fused-ring (bicyclic) bond motifs is 1. The van der Waals surface area contributed by atoms with Crippen LogP contribution in [0.3, 0.4) is 0 Å². The second kappa shape index (κ2) is 7.29. The summed E-state index contributed by atoms with van der Waals surface area (Å²) in [5.41, 5.74) is 4.75. The van der Waals surface area contributed by atoms with Crippen molar-refractivity contribution < 1.29 is 4.39 Å². The van der Waals surface area contributed by atoms with E-state index < -0.39 is 0 Å². The van der Waals surface area contributed by atoms with E-state index in [1.807, 2.05) is 43.5 Å². The fraction of sp³-hybridized carbons (Fsp3) is 0.143. The van der Waals surface area contributed by atoms with Gasteiger partial charge >= 0.3 is 0 Å². The van der Waals surface area contributed by atoms with E-state index in [0.717, 1.165) is 16.8 Å². The van der Waals surface area contributed by atoms with E-state index in [9.17, 15) is 9.18 Å². The Kier molecular flexibility index (Phi) is 4.85. The molecule has 0 radical (unpaired) electrons. The minimum absolute atomic E-state index is 0.0557. The predicted octanol–water partition coefficient (Wildman–Crippen LogP) is 5.50. The van der Waals surface area contributed by atoms with Crippen LogP contribution in [-0.4, -0.2) is 9.55 Å². The Morgan fingerprint density at radius 3 is 2.59 bits per heavy atom. The third kappa shape index (κ3) is 3.55. The molecular formula is C21H17FN2OS2. The zero-order valence-corrected chi connectivity index (χ0v) is 16.5. The summed E-state index contributed by atoms with van der Waals surface area (Å²) in [6.45, 7) is 4.08. The Labute approximate surface area is 164 Å². The molecule has 4 aromatic rings. The number of rotatable bonds is 4. The van der Waals surface area contributed by atoms with Gasteiger partial charge in [-0.3, -0.25) is 9.36 Å². The highest BCUT2D eigenvalue weighted by molar-refractivity contribution is 7.98. The number of benzene rings is 2. The molecular weight excluding hydrogens is 379 g/mol. The van der Waals surface area contributed by atoms with Gasteiger partial charge in [-0.05, 0) is 66.2 Å². The summed E-state index contributed by atoms with van der Waals surface area (Å²) in [6, 6.07) is 14.3. The van der Waals surface area contributed by atoms with E-state index in [1.54, 1.807) is 16.7 Å². The van der Waals surface area contributed by atoms with Gasteiger partial charge in [0.15, 0.2) is 5.16 Å². The van der Waals surface area contributed by atoms with E-state index in [4.69, 9.17) is 4.98 Å². The van der Waals surface area contributed by atoms with Crippen molar-refractivity contribution in [2.75, 3.05) is 0 Å². The normalized spacial score (nSPS) is 11.2. The van der Waals surface area contributed by atoms with E-state index in [0.29, 0.717) is 21.1 Å². The van der Waals surface area contributed by atoms with Crippen LogP contribution in [0.4, 0.5) is 4.39 Å². The van der Waals surface area contributed by atoms with Gasteiger partial charge in [-0.1, -0.05) is 30.0 Å². The molecule has 2 heterocycles. The van der Waals surface area contributed by atoms with Crippen molar-refractivity contribution in [2.24, 2.45) is 0 Å². The first-order valence-electron chi connectivity index (χ1n) is 8.48. The molecule has 0 saturated carbocycles. The highest BCUT2D eigenvalue weighted by Crippen LogP contribution is 2.27. The number of aryl methyl sites for hydroxylation is 2. The number of thioether (sulfide) groups is 1. The maximum atomic E-state index is 13.1. The topological polar surface area (TPSA) is 34.9 Å². The molecule has 0 unspecified atom stereocenters. The lowest BCUT2D eigenvalue weighted by Gasteiger charge is -2.13. The number of nitrogens with zero attached hydrogens (tertiary/aromatic N) is 2. The van der Waals surface area contributed by atoms with Gasteiger partial charge in [-0.25, -0.2) is 9.37 Å². The standard InChI is InChI=1S/C21H17FN2OS2/c1-13-3-8-17(11-14(13)2)24-20(25)19-18(9-10-26-19)23-21(24)27-12-15-4-6-16(22)7-5-15/h3-11H,12H2,1-2H3. The highest BCUT2D eigenvalue weighted by Gasteiger charge is 2.15. The summed E-state index contributed by atoms with van der Waals surface area (Å²) in [6.07, 6.45) is 0. The van der Waals surface area contributed by atoms with Crippen LogP contribution in [-0.2, 0) is 5.75 Å². The lowest BCUT2D eigenvalue weighted by atomic mass is 10.1. The summed E-state index contributed by atoms with van der Waals surface area (Å²) in [7, 11) is 0. The second-order valence-corrected chi connectivity index (χ2v) is 8.21. The lowest BCUT2D eigenvalue weighted by Crippen LogP contribution is -2.21. The summed E-state index contributed by atoms with van der Waals surface area (Å²) >= 11 is 2.89. The zero-order valence-electron chi connectivity index (χ0n) is 14.9. The molecule has 0 aliphatic heterocycles. The lowest BCUT2D eigenvalue weighted by molar-refractivity contribution is 0.627. The van der Waals surface area contributed by atoms with Crippen molar-refractivity contribution in [1.29, 1.82) is 0 Å². The molecule has 0 saturated heterocycles. The molecule has 2 aromatic heterocycles. The van der Waals surface area contributed by atoms with Crippen LogP contribution in [0.5, 0.6) is 0 Å². The van der Waals surface area contributed by atoms with Crippen LogP contribution in [0.2, 0.25) is 0 Å². The Hall–Kier alpha value is -2.44. The van der Waals surface area contributed by atoms with E-state index in [-0.39, 0.29) is 11.4 Å². The molecule has 136 valence electrons. The van der Waals surface area contributed by atoms with Gasteiger partial charge in [0.2, 0.25) is 0 Å². The average molecular weight is 397 g/mol. The monoisotopic (exact) mass is 396 g/mol. The largest absolute Gasteiger partial charge is 0.276 e. The Morgan fingerprint density at radius 2 is 1.85 bits per heavy atom. The number of hydrogen-bond donors (Lipinski definition) is 0. The van der Waals surface area contributed by atoms with Gasteiger partial charge in [0.25, 0.3) is 5.56 Å². The van der Waals surface area contributed by atoms with Crippen LogP contribution in [0.1, 0.15) is 16.7 Å². The Morgan fingerprint density at radius 1 is 1.07 bits per heavy atom. The second-order valence-electron chi connectivity index (χ2n) is 6.35. The van der Waals surface area contributed by atoms with Crippen LogP contribution >= 0.6 is 23.1 Å². The molecule has 6 heteroatoms. The third-order valence-electron chi connectivity index (χ3n) is 4.48. The smallest absolute Gasteiger partial charge is 0.267 e. The Balaban J connectivity index is 1.81. The molecule has 4 rings (SSSR count). The predicted molar refractivity (Wildman–Crippen MR) is 111 cm³/mol. The number of hydrogen-bond acceptors (Lipinski definition) is 4. The molecule has 0 atom stereocenters. The molecule has 0 aliphatic rings. The number of thiophene rings is 1. The maximum absolute atomic E-state index is 13.1. The first-order chi connectivity index (χ1) is 13.0. The van der Waals surface area contributed by atoms with E-state index in [1.165, 1.54) is 40.8 Å². The third-order valence-corrected chi connectivity index (χ3v) is 6.38. The van der Waals surface area contributed by atoms with Crippen molar-refractivity contribution in [3.8, 4) is 5.69 Å². The molecule has 27 heavy (non-hydrogen) atoms. The quantitative estimate of drug-likeness (QED) is 0.338. The molecule has 3 nitrogen and oxygen atoms in total. The van der Waals surface area contributed by atoms with Crippen molar-refractivity contribution in [1.82, 2.24) is 9.55 Å². The first-order valence-corrected chi connectivity index (χ1v) is 10.3. The highest BCUT2D eigenvalue weighted by atomic mass is 32.2. The van der Waals surface area contributed by atoms with Crippen molar-refractivity contribution in [3.63, 3.8) is 0 Å². The SMILES string of the molecule is Cc1ccc(-n2c(SCc3ccc(F)cc3)nc3ccsc3c2=O)cc1C. The molecule has 0 bridgehead atoms. The van der Waals surface area contributed by atoms with Crippen LogP contribution in [0, 0.1) is 19.7 Å². The zero-order chi connectivity index (χ0) is 19.0. The van der Waals surface area contributed by atoms with Gasteiger partial charge in [-0.15, -0.1) is 11.3 Å². The fourth-order valence-electron chi connectivity index (χ4n) is 2.81. The molecule has 0 fully saturated rings. The van der Waals surface area contributed by atoms with Crippen molar-refractivity contribution >= 4 is 33.3 Å². The molecule has 0 spiro atoms. The summed E-state index contributed by atoms with van der Waals surface area (Å²) in [5.74, 6) is 0.348. The summed E-state index contributed by atoms with van der Waals surface area (Å²) in [4.78, 5) is 17.9. The van der Waals surface area contributed by atoms with Gasteiger partial charge in [0.05, 0.1) is 11.2 Å². The minimum atomic E-state index is -0.256. The van der Waals surface area contributed by atoms with Gasteiger partial charge < -0.3 is 0 Å². The number of halogens is 1. The summed E-state index contributed by atoms with van der Waals surface area (Å²) in [5, 5.41) is 2.52. The average Bonchev–Trinajstić information content (AvgIpc) is 3.13. The molecule has 2 aromatic carbocycles. The molecule has 0 aliphatic carbocycles. The van der Waals surface area contributed by atoms with Crippen molar-refractivity contribution in [2.45, 2.75) is 24.8 Å². The Bertz CT molecular complexity index is 1180. The van der Waals surface area contributed by atoms with Gasteiger partial charge in [-0.2, -0.15) is 0 Å². The van der Waals surface area contributed by atoms with Crippen molar-refractivity contribution in [3.05, 3.63) is 86.8 Å². The van der Waals surface area contributed by atoms with Crippen LogP contribution < -0.4 is 5.56 Å². The molecule has 0 N–H and O–H groups in total. The molecule has 0 amide bonds. The number of aromatic nitrogens is 2. The maximum Gasteiger partial charge on any atom is 0.276 e. The van der Waals surface area contributed by atoms with E-state index >= 15 is 0 Å². The van der Waals surface area contributed by atoms with Gasteiger partial charge in [0.1, 0.15) is 10.5 Å². The van der Waals surface area contributed by atoms with Gasteiger partial charge in [0, 0.05) is 5.75 Å². The minimum Gasteiger partial charge on any atom is -0.267 e.